The second-order valence-electron chi connectivity index (χ2n) is 24.7. The number of halogens is 3. The Morgan fingerprint density at radius 2 is 1.32 bits per heavy atom. The summed E-state index contributed by atoms with van der Waals surface area (Å²) < 4.78 is 101. The average Bonchev–Trinajstić information content (AvgIpc) is 1.61. The van der Waals surface area contributed by atoms with Crippen molar-refractivity contribution in [1.82, 2.24) is 39.6 Å². The number of rotatable bonds is 27. The van der Waals surface area contributed by atoms with Crippen LogP contribution in [0.3, 0.4) is 0 Å². The standard InChI is InChI=1S/C65H72F3N11O14S2/c1-38(40-12-14-43(15-13-40)58-39(2)71-37-94-58)72-60(82)51-29-47(80)33-76(51)61(83)59(64(3,4)5)73-54(81)11-9-8-10-28-90-48-26-20-44(21-27-48)77(36-65(66,67)68)95(88,89)53-30-52-55(41-16-22-49(23-17-41)91-34-45-31-69-62(74(45)6)78(84)85)56(57(53)93-52)42-18-24-50(25-19-42)92-35-46-32-70-63(75(46)7)79(86)87/h12-27,31-32,37-38,47,51-53,57,59,80H,8-11,28-30,33-36H2,1-7H3,(H,72,82)(H,73,81). The van der Waals surface area contributed by atoms with E-state index in [1.54, 1.807) is 74.8 Å². The lowest BCUT2D eigenvalue weighted by molar-refractivity contribution is -0.396. The first-order chi connectivity index (χ1) is 45.1. The van der Waals surface area contributed by atoms with Crippen LogP contribution in [-0.2, 0) is 56.5 Å². The predicted molar refractivity (Wildman–Crippen MR) is 344 cm³/mol. The van der Waals surface area contributed by atoms with Crippen LogP contribution in [0.4, 0.5) is 30.8 Å². The van der Waals surface area contributed by atoms with E-state index in [0.29, 0.717) is 68.7 Å². The Morgan fingerprint density at radius 3 is 1.84 bits per heavy atom. The highest BCUT2D eigenvalue weighted by Gasteiger charge is 2.55. The first kappa shape index (κ1) is 68.6. The highest BCUT2D eigenvalue weighted by molar-refractivity contribution is 7.93. The first-order valence-corrected chi connectivity index (χ1v) is 33.0. The zero-order chi connectivity index (χ0) is 68.3. The second-order valence-corrected chi connectivity index (χ2v) is 27.6. The number of carbonyl (C=O) groups is 3. The van der Waals surface area contributed by atoms with Gasteiger partial charge < -0.3 is 59.8 Å². The molecule has 10 rings (SSSR count). The number of anilines is 1. The maximum Gasteiger partial charge on any atom is 0.434 e. The molecule has 3 aliphatic heterocycles. The van der Waals surface area contributed by atoms with E-state index in [1.807, 2.05) is 38.1 Å². The van der Waals surface area contributed by atoms with E-state index in [1.165, 1.54) is 76.1 Å². The Bertz CT molecular complexity index is 4100. The number of imidazole rings is 2. The van der Waals surface area contributed by atoms with Crippen LogP contribution in [0, 0.1) is 32.6 Å². The van der Waals surface area contributed by atoms with Crippen molar-refractivity contribution >= 4 is 67.8 Å². The van der Waals surface area contributed by atoms with Crippen molar-refractivity contribution in [3.63, 3.8) is 0 Å². The molecular formula is C65H72F3N11O14S2. The number of ether oxygens (including phenoxy) is 4. The number of nitrogens with one attached hydrogen (secondary N) is 2. The molecule has 7 aromatic rings. The van der Waals surface area contributed by atoms with Crippen LogP contribution in [0.5, 0.6) is 17.2 Å². The lowest BCUT2D eigenvalue weighted by Gasteiger charge is -2.35. The first-order valence-electron chi connectivity index (χ1n) is 30.6. The quantitative estimate of drug-likeness (QED) is 0.0245. The molecule has 3 N–H and O–H groups in total. The number of alkyl halides is 3. The molecule has 2 bridgehead atoms. The zero-order valence-corrected chi connectivity index (χ0v) is 54.7. The van der Waals surface area contributed by atoms with Crippen LogP contribution in [0.15, 0.2) is 115 Å². The molecule has 95 heavy (non-hydrogen) atoms. The number of likely N-dealkylation sites (tertiary alicyclic amines) is 1. The summed E-state index contributed by atoms with van der Waals surface area (Å²) in [6.45, 7) is 7.23. The van der Waals surface area contributed by atoms with Crippen molar-refractivity contribution in [2.45, 2.75) is 134 Å². The molecule has 2 saturated heterocycles. The molecule has 2 fully saturated rings. The van der Waals surface area contributed by atoms with Gasteiger partial charge in [0.15, 0.2) is 11.4 Å². The largest absolute Gasteiger partial charge is 0.494 e. The van der Waals surface area contributed by atoms with Crippen molar-refractivity contribution < 1.29 is 69.9 Å². The Labute approximate surface area is 549 Å². The maximum absolute atomic E-state index is 14.9. The molecule has 7 atom stereocenters. The molecule has 25 nitrogen and oxygen atoms in total. The maximum atomic E-state index is 14.9. The number of benzene rings is 4. The molecule has 0 saturated carbocycles. The van der Waals surface area contributed by atoms with Crippen LogP contribution in [0.2, 0.25) is 0 Å². The van der Waals surface area contributed by atoms with Gasteiger partial charge in [0.25, 0.3) is 0 Å². The number of aliphatic hydroxyl groups excluding tert-OH is 1. The smallest absolute Gasteiger partial charge is 0.434 e. The minimum Gasteiger partial charge on any atom is -0.494 e. The Balaban J connectivity index is 0.762. The number of carbonyl (C=O) groups excluding carboxylic acids is 3. The highest BCUT2D eigenvalue weighted by Crippen LogP contribution is 2.52. The molecule has 3 aromatic heterocycles. The molecular weight excluding hydrogens is 1280 g/mol. The van der Waals surface area contributed by atoms with Gasteiger partial charge in [0.2, 0.25) is 27.7 Å². The lowest BCUT2D eigenvalue weighted by Crippen LogP contribution is -2.57. The number of aromatic nitrogens is 5. The highest BCUT2D eigenvalue weighted by atomic mass is 32.2. The van der Waals surface area contributed by atoms with Crippen molar-refractivity contribution in [1.29, 1.82) is 0 Å². The second kappa shape index (κ2) is 28.4. The SMILES string of the molecule is Cc1ncsc1-c1ccc(C(C)NC(=O)C2CC(O)CN2C(=O)C(NC(=O)CCCCCOc2ccc(N(CC(F)(F)F)S(=O)(=O)C3CC4OC3C(c3ccc(OCc5cnc([N+](=O)[O-])n5C)cc3)=C4c3ccc(OCc4cnc([N+](=O)[O-])n4C)cc3)cc2)C(C)(C)C)cc1. The summed E-state index contributed by atoms with van der Waals surface area (Å²) in [7, 11) is -1.93. The van der Waals surface area contributed by atoms with E-state index in [9.17, 15) is 61.3 Å². The van der Waals surface area contributed by atoms with Gasteiger partial charge in [0.1, 0.15) is 72.8 Å². The minimum absolute atomic E-state index is 0.0288. The van der Waals surface area contributed by atoms with Crippen molar-refractivity contribution in [3.8, 4) is 27.7 Å². The monoisotopic (exact) mass is 1350 g/mol. The number of sulfonamides is 1. The summed E-state index contributed by atoms with van der Waals surface area (Å²) >= 11 is 1.54. The molecule has 3 amide bonds. The number of aliphatic hydroxyl groups is 1. The number of aryl methyl sites for hydroxylation is 1. The summed E-state index contributed by atoms with van der Waals surface area (Å²) in [5.41, 5.74) is 6.42. The fourth-order valence-electron chi connectivity index (χ4n) is 12.0. The summed E-state index contributed by atoms with van der Waals surface area (Å²) in [6, 6.07) is 23.8. The van der Waals surface area contributed by atoms with Crippen LogP contribution in [0.1, 0.15) is 106 Å². The number of hydrogen-bond donors (Lipinski definition) is 3. The third kappa shape index (κ3) is 15.6. The number of thiazole rings is 1. The van der Waals surface area contributed by atoms with Crippen molar-refractivity contribution in [2.24, 2.45) is 19.5 Å². The van der Waals surface area contributed by atoms with Gasteiger partial charge in [0, 0.05) is 19.4 Å². The van der Waals surface area contributed by atoms with Crippen LogP contribution in [0.25, 0.3) is 21.6 Å². The van der Waals surface area contributed by atoms with Gasteiger partial charge in [-0.3, -0.25) is 18.7 Å². The number of hydrogen-bond acceptors (Lipinski definition) is 18. The molecule has 0 aliphatic carbocycles. The number of β-amino-alcohol motifs (C(OH)–C–C–N with tert-alkyl or cyclic N) is 1. The third-order valence-electron chi connectivity index (χ3n) is 17.1. The van der Waals surface area contributed by atoms with Crippen LogP contribution < -0.4 is 29.1 Å². The predicted octanol–water partition coefficient (Wildman–Crippen LogP) is 9.72. The zero-order valence-electron chi connectivity index (χ0n) is 53.0. The van der Waals surface area contributed by atoms with E-state index in [-0.39, 0.29) is 69.0 Å². The van der Waals surface area contributed by atoms with Gasteiger partial charge in [0.05, 0.1) is 60.7 Å². The molecule has 4 aromatic carbocycles. The lowest BCUT2D eigenvalue weighted by atomic mass is 9.83. The third-order valence-corrected chi connectivity index (χ3v) is 20.2. The summed E-state index contributed by atoms with van der Waals surface area (Å²) in [5, 5.41) is 37.9. The van der Waals surface area contributed by atoms with Crippen LogP contribution >= 0.6 is 11.3 Å². The number of nitro groups is 2. The van der Waals surface area contributed by atoms with E-state index < -0.39 is 97.4 Å². The molecule has 7 unspecified atom stereocenters. The van der Waals surface area contributed by atoms with Gasteiger partial charge in [-0.05, 0) is 137 Å². The van der Waals surface area contributed by atoms with Gasteiger partial charge in [-0.1, -0.05) is 79.3 Å². The molecule has 30 heteroatoms. The van der Waals surface area contributed by atoms with Gasteiger partial charge in [-0.15, -0.1) is 11.3 Å². The van der Waals surface area contributed by atoms with E-state index >= 15 is 0 Å². The Kier molecular flexibility index (Phi) is 20.5. The number of amides is 3. The molecule has 0 radical (unpaired) electrons. The van der Waals surface area contributed by atoms with E-state index in [0.717, 1.165) is 21.7 Å². The fraction of sp³-hybridized carbons (Fsp3) is 0.415. The van der Waals surface area contributed by atoms with Crippen molar-refractivity contribution in [2.75, 3.05) is 24.0 Å². The molecule has 6 heterocycles. The Morgan fingerprint density at radius 1 is 0.768 bits per heavy atom. The minimum atomic E-state index is -4.98. The summed E-state index contributed by atoms with van der Waals surface area (Å²) in [4.78, 5) is 77.3. The number of nitrogens with zero attached hydrogens (tertiary/aromatic N) is 9. The van der Waals surface area contributed by atoms with E-state index in [2.05, 4.69) is 25.6 Å². The molecule has 0 spiro atoms. The fourth-order valence-corrected chi connectivity index (χ4v) is 14.8. The van der Waals surface area contributed by atoms with Gasteiger partial charge in [-0.25, -0.2) is 22.5 Å². The van der Waals surface area contributed by atoms with E-state index in [4.69, 9.17) is 18.9 Å². The molecule has 3 aliphatic rings. The average molecular weight is 1350 g/mol. The van der Waals surface area contributed by atoms with Gasteiger partial charge in [-0.2, -0.15) is 13.2 Å². The van der Waals surface area contributed by atoms with Crippen molar-refractivity contribution in [3.05, 3.63) is 169 Å². The van der Waals surface area contributed by atoms with Crippen LogP contribution in [-0.4, -0.2) is 132 Å². The number of fused-ring (bicyclic) bond motifs is 2. The number of unbranched alkanes of at least 4 members (excludes halogenated alkanes) is 2. The normalized spacial score (nSPS) is 18.6. The van der Waals surface area contributed by atoms with Gasteiger partial charge >= 0.3 is 18.1 Å². The Hall–Kier alpha value is -9.26. The summed E-state index contributed by atoms with van der Waals surface area (Å²) in [6.07, 6.45) is -4.20. The molecule has 504 valence electrons. The summed E-state index contributed by atoms with van der Waals surface area (Å²) in [5.74, 6) is -1.08. The topological polar surface area (TPSA) is 308 Å².